The van der Waals surface area contributed by atoms with E-state index < -0.39 is 0 Å². The molecular formula is C13H18ClFN2. The molecule has 1 aliphatic heterocycles. The van der Waals surface area contributed by atoms with Gasteiger partial charge in [-0.05, 0) is 24.6 Å². The van der Waals surface area contributed by atoms with Gasteiger partial charge in [-0.25, -0.2) is 4.39 Å². The molecule has 1 heterocycles. The molecule has 1 aliphatic rings. The summed E-state index contributed by atoms with van der Waals surface area (Å²) in [6.45, 7) is 6.18. The zero-order chi connectivity index (χ0) is 12.4. The average molecular weight is 257 g/mol. The zero-order valence-corrected chi connectivity index (χ0v) is 11.0. The molecule has 0 bridgehead atoms. The van der Waals surface area contributed by atoms with Crippen LogP contribution in [0.1, 0.15) is 20.3 Å². The van der Waals surface area contributed by atoms with Gasteiger partial charge in [0.25, 0.3) is 0 Å². The number of halogens is 2. The molecule has 0 amide bonds. The van der Waals surface area contributed by atoms with Crippen LogP contribution in [0.5, 0.6) is 0 Å². The van der Waals surface area contributed by atoms with Crippen molar-refractivity contribution in [2.24, 2.45) is 0 Å². The van der Waals surface area contributed by atoms with Gasteiger partial charge in [0.15, 0.2) is 0 Å². The van der Waals surface area contributed by atoms with Crippen molar-refractivity contribution in [3.63, 3.8) is 0 Å². The minimum atomic E-state index is -0.343. The molecule has 17 heavy (non-hydrogen) atoms. The molecule has 1 aromatic carbocycles. The van der Waals surface area contributed by atoms with Gasteiger partial charge in [-0.15, -0.1) is 0 Å². The van der Waals surface area contributed by atoms with Crippen LogP contribution in [-0.2, 0) is 0 Å². The van der Waals surface area contributed by atoms with Gasteiger partial charge < -0.3 is 10.2 Å². The molecule has 0 radical (unpaired) electrons. The topological polar surface area (TPSA) is 15.3 Å². The molecule has 0 aromatic heterocycles. The zero-order valence-electron chi connectivity index (χ0n) is 10.2. The molecule has 94 valence electrons. The Morgan fingerprint density at radius 2 is 2.24 bits per heavy atom. The van der Waals surface area contributed by atoms with Crippen molar-refractivity contribution >= 4 is 17.3 Å². The van der Waals surface area contributed by atoms with E-state index in [4.69, 9.17) is 11.6 Å². The Labute approximate surface area is 107 Å². The quantitative estimate of drug-likeness (QED) is 0.894. The molecule has 0 saturated carbocycles. The third kappa shape index (κ3) is 3.11. The van der Waals surface area contributed by atoms with Crippen molar-refractivity contribution in [3.05, 3.63) is 29.0 Å². The number of nitrogens with zero attached hydrogens (tertiary/aromatic N) is 1. The second-order valence-electron chi connectivity index (χ2n) is 4.85. The van der Waals surface area contributed by atoms with Crippen LogP contribution < -0.4 is 10.2 Å². The van der Waals surface area contributed by atoms with Crippen LogP contribution in [0.25, 0.3) is 0 Å². The second kappa shape index (κ2) is 5.23. The monoisotopic (exact) mass is 256 g/mol. The van der Waals surface area contributed by atoms with Gasteiger partial charge in [0.2, 0.25) is 0 Å². The summed E-state index contributed by atoms with van der Waals surface area (Å²) in [5, 5.41) is 3.69. The standard InChI is InChI=1S/C13H18ClFN2/c1-9(2)16-10-5-6-17(8-10)11-3-4-12(14)13(15)7-11/h3-4,7,9-10,16H,5-6,8H2,1-2H3. The molecule has 1 fully saturated rings. The van der Waals surface area contributed by atoms with E-state index in [-0.39, 0.29) is 10.8 Å². The highest BCUT2D eigenvalue weighted by molar-refractivity contribution is 6.30. The summed E-state index contributed by atoms with van der Waals surface area (Å²) >= 11 is 5.68. The Kier molecular flexibility index (Phi) is 3.89. The SMILES string of the molecule is CC(C)NC1CCN(c2ccc(Cl)c(F)c2)C1. The molecule has 0 aliphatic carbocycles. The first-order chi connectivity index (χ1) is 8.06. The van der Waals surface area contributed by atoms with Gasteiger partial charge in [0.1, 0.15) is 5.82 Å². The Morgan fingerprint density at radius 3 is 2.88 bits per heavy atom. The lowest BCUT2D eigenvalue weighted by Gasteiger charge is -2.20. The number of nitrogens with one attached hydrogen (secondary N) is 1. The van der Waals surface area contributed by atoms with Gasteiger partial charge in [-0.2, -0.15) is 0 Å². The highest BCUT2D eigenvalue weighted by atomic mass is 35.5. The van der Waals surface area contributed by atoms with Gasteiger partial charge in [0, 0.05) is 30.9 Å². The largest absolute Gasteiger partial charge is 0.370 e. The van der Waals surface area contributed by atoms with Crippen LogP contribution in [0.4, 0.5) is 10.1 Å². The Balaban J connectivity index is 2.02. The smallest absolute Gasteiger partial charge is 0.143 e. The lowest BCUT2D eigenvalue weighted by molar-refractivity contribution is 0.492. The van der Waals surface area contributed by atoms with Gasteiger partial charge in [-0.1, -0.05) is 25.4 Å². The van der Waals surface area contributed by atoms with E-state index in [1.807, 2.05) is 6.07 Å². The molecule has 1 unspecified atom stereocenters. The van der Waals surface area contributed by atoms with E-state index in [9.17, 15) is 4.39 Å². The molecule has 2 rings (SSSR count). The summed E-state index contributed by atoms with van der Waals surface area (Å²) in [6.07, 6.45) is 1.10. The van der Waals surface area contributed by atoms with Crippen LogP contribution in [0.15, 0.2) is 18.2 Å². The Morgan fingerprint density at radius 1 is 1.47 bits per heavy atom. The minimum Gasteiger partial charge on any atom is -0.370 e. The molecular weight excluding hydrogens is 239 g/mol. The van der Waals surface area contributed by atoms with Crippen molar-refractivity contribution in [1.29, 1.82) is 0 Å². The normalized spacial score (nSPS) is 20.3. The van der Waals surface area contributed by atoms with Gasteiger partial charge in [-0.3, -0.25) is 0 Å². The highest BCUT2D eigenvalue weighted by Crippen LogP contribution is 2.25. The maximum absolute atomic E-state index is 13.4. The third-order valence-electron chi connectivity index (χ3n) is 3.03. The molecule has 1 atom stereocenters. The average Bonchev–Trinajstić information content (AvgIpc) is 2.69. The highest BCUT2D eigenvalue weighted by Gasteiger charge is 2.23. The predicted molar refractivity (Wildman–Crippen MR) is 70.3 cm³/mol. The van der Waals surface area contributed by atoms with E-state index in [1.54, 1.807) is 6.07 Å². The molecule has 4 heteroatoms. The van der Waals surface area contributed by atoms with E-state index >= 15 is 0 Å². The molecule has 2 nitrogen and oxygen atoms in total. The van der Waals surface area contributed by atoms with Crippen LogP contribution in [0.2, 0.25) is 5.02 Å². The number of hydrogen-bond acceptors (Lipinski definition) is 2. The number of benzene rings is 1. The van der Waals surface area contributed by atoms with Crippen molar-refractivity contribution < 1.29 is 4.39 Å². The fraction of sp³-hybridized carbons (Fsp3) is 0.538. The second-order valence-corrected chi connectivity index (χ2v) is 5.26. The van der Waals surface area contributed by atoms with Crippen LogP contribution >= 0.6 is 11.6 Å². The summed E-state index contributed by atoms with van der Waals surface area (Å²) in [5.74, 6) is -0.343. The predicted octanol–water partition coefficient (Wildman–Crippen LogP) is 3.06. The number of anilines is 1. The fourth-order valence-electron chi connectivity index (χ4n) is 2.28. The van der Waals surface area contributed by atoms with Crippen LogP contribution in [0.3, 0.4) is 0 Å². The van der Waals surface area contributed by atoms with Crippen LogP contribution in [-0.4, -0.2) is 25.2 Å². The van der Waals surface area contributed by atoms with E-state index in [0.29, 0.717) is 12.1 Å². The van der Waals surface area contributed by atoms with Crippen molar-refractivity contribution in [1.82, 2.24) is 5.32 Å². The van der Waals surface area contributed by atoms with Crippen molar-refractivity contribution in [2.75, 3.05) is 18.0 Å². The first-order valence-corrected chi connectivity index (χ1v) is 6.40. The first-order valence-electron chi connectivity index (χ1n) is 6.02. The Hall–Kier alpha value is -0.800. The molecule has 1 aromatic rings. The minimum absolute atomic E-state index is 0.185. The van der Waals surface area contributed by atoms with Crippen molar-refractivity contribution in [2.45, 2.75) is 32.4 Å². The fourth-order valence-corrected chi connectivity index (χ4v) is 2.40. The van der Waals surface area contributed by atoms with E-state index in [0.717, 1.165) is 25.2 Å². The maximum Gasteiger partial charge on any atom is 0.143 e. The summed E-state index contributed by atoms with van der Waals surface area (Å²) < 4.78 is 13.4. The number of hydrogen-bond donors (Lipinski definition) is 1. The van der Waals surface area contributed by atoms with E-state index in [2.05, 4.69) is 24.1 Å². The first kappa shape index (κ1) is 12.7. The molecule has 1 N–H and O–H groups in total. The lowest BCUT2D eigenvalue weighted by atomic mass is 10.2. The lowest BCUT2D eigenvalue weighted by Crippen LogP contribution is -2.37. The number of rotatable bonds is 3. The van der Waals surface area contributed by atoms with Gasteiger partial charge in [0.05, 0.1) is 5.02 Å². The molecule has 0 spiro atoms. The third-order valence-corrected chi connectivity index (χ3v) is 3.33. The summed E-state index contributed by atoms with van der Waals surface area (Å²) in [6, 6.07) is 5.99. The summed E-state index contributed by atoms with van der Waals surface area (Å²) in [4.78, 5) is 2.19. The maximum atomic E-state index is 13.4. The van der Waals surface area contributed by atoms with Crippen molar-refractivity contribution in [3.8, 4) is 0 Å². The summed E-state index contributed by atoms with van der Waals surface area (Å²) in [5.41, 5.74) is 0.917. The molecule has 1 saturated heterocycles. The van der Waals surface area contributed by atoms with Crippen LogP contribution in [0, 0.1) is 5.82 Å². The Bertz CT molecular complexity index is 395. The summed E-state index contributed by atoms with van der Waals surface area (Å²) in [7, 11) is 0. The van der Waals surface area contributed by atoms with E-state index in [1.165, 1.54) is 6.07 Å². The van der Waals surface area contributed by atoms with Gasteiger partial charge >= 0.3 is 0 Å².